The van der Waals surface area contributed by atoms with Crippen LogP contribution in [0.25, 0.3) is 66.1 Å². The van der Waals surface area contributed by atoms with Crippen LogP contribution in [0.15, 0.2) is 186 Å². The third kappa shape index (κ3) is 5.06. The summed E-state index contributed by atoms with van der Waals surface area (Å²) in [5.74, 6) is 0.901. The molecule has 8 aromatic carbocycles. The van der Waals surface area contributed by atoms with Crippen molar-refractivity contribution in [2.75, 3.05) is 4.90 Å². The molecular formula is C47H33NO. The summed E-state index contributed by atoms with van der Waals surface area (Å²) in [6, 6.07) is 65.0. The van der Waals surface area contributed by atoms with Gasteiger partial charge >= 0.3 is 0 Å². The molecule has 2 nitrogen and oxygen atoms in total. The lowest BCUT2D eigenvalue weighted by atomic mass is 9.93. The molecule has 0 aliphatic heterocycles. The number of furan rings is 1. The summed E-state index contributed by atoms with van der Waals surface area (Å²) in [6.07, 6.45) is 0. The van der Waals surface area contributed by atoms with E-state index in [0.29, 0.717) is 0 Å². The van der Waals surface area contributed by atoms with E-state index < -0.39 is 0 Å². The normalized spacial score (nSPS) is 11.4. The highest BCUT2D eigenvalue weighted by molar-refractivity contribution is 6.13. The Morgan fingerprint density at radius 3 is 1.86 bits per heavy atom. The van der Waals surface area contributed by atoms with Crippen LogP contribution < -0.4 is 4.90 Å². The van der Waals surface area contributed by atoms with Gasteiger partial charge in [0.25, 0.3) is 0 Å². The summed E-state index contributed by atoms with van der Waals surface area (Å²) in [5.41, 5.74) is 11.1. The Balaban J connectivity index is 1.21. The Bertz CT molecular complexity index is 2610. The van der Waals surface area contributed by atoms with E-state index in [1.807, 2.05) is 12.1 Å². The van der Waals surface area contributed by atoms with Gasteiger partial charge in [0.05, 0.1) is 5.69 Å². The topological polar surface area (TPSA) is 16.4 Å². The van der Waals surface area contributed by atoms with Gasteiger partial charge in [-0.2, -0.15) is 0 Å². The number of rotatable bonds is 6. The Morgan fingerprint density at radius 1 is 0.408 bits per heavy atom. The van der Waals surface area contributed by atoms with Crippen molar-refractivity contribution in [2.24, 2.45) is 0 Å². The number of hydrogen-bond donors (Lipinski definition) is 0. The molecule has 0 saturated carbocycles. The summed E-state index contributed by atoms with van der Waals surface area (Å²) in [6.45, 7) is 2.14. The molecule has 0 spiro atoms. The van der Waals surface area contributed by atoms with Crippen molar-refractivity contribution in [3.8, 4) is 33.6 Å². The fourth-order valence-corrected chi connectivity index (χ4v) is 7.28. The fraction of sp³-hybridized carbons (Fsp3) is 0.0213. The highest BCUT2D eigenvalue weighted by Gasteiger charge is 2.20. The Labute approximate surface area is 286 Å². The average molecular weight is 628 g/mol. The molecule has 0 amide bonds. The van der Waals surface area contributed by atoms with E-state index in [4.69, 9.17) is 4.42 Å². The first-order chi connectivity index (χ1) is 24.2. The van der Waals surface area contributed by atoms with E-state index in [1.165, 1.54) is 38.2 Å². The van der Waals surface area contributed by atoms with Crippen molar-refractivity contribution in [1.29, 1.82) is 0 Å². The maximum atomic E-state index is 6.44. The number of hydrogen-bond acceptors (Lipinski definition) is 2. The molecule has 0 saturated heterocycles. The summed E-state index contributed by atoms with van der Waals surface area (Å²) in [4.78, 5) is 2.37. The van der Waals surface area contributed by atoms with Crippen molar-refractivity contribution < 1.29 is 4.42 Å². The quantitative estimate of drug-likeness (QED) is 0.171. The highest BCUT2D eigenvalue weighted by atomic mass is 16.3. The number of para-hydroxylation sites is 2. The molecule has 0 unspecified atom stereocenters. The van der Waals surface area contributed by atoms with Gasteiger partial charge in [-0.15, -0.1) is 0 Å². The number of fused-ring (bicyclic) bond motifs is 4. The van der Waals surface area contributed by atoms with Gasteiger partial charge in [0.1, 0.15) is 11.3 Å². The molecule has 1 heterocycles. The van der Waals surface area contributed by atoms with Gasteiger partial charge < -0.3 is 9.32 Å². The Kier molecular flexibility index (Phi) is 7.06. The predicted molar refractivity (Wildman–Crippen MR) is 207 cm³/mol. The first kappa shape index (κ1) is 28.8. The molecule has 49 heavy (non-hydrogen) atoms. The zero-order chi connectivity index (χ0) is 32.7. The fourth-order valence-electron chi connectivity index (χ4n) is 7.28. The molecule has 0 aliphatic carbocycles. The third-order valence-electron chi connectivity index (χ3n) is 9.64. The zero-order valence-electron chi connectivity index (χ0n) is 27.2. The summed E-state index contributed by atoms with van der Waals surface area (Å²) >= 11 is 0. The first-order valence-corrected chi connectivity index (χ1v) is 16.8. The molecule has 2 heteroatoms. The third-order valence-corrected chi connectivity index (χ3v) is 9.64. The number of nitrogens with zero attached hydrogens (tertiary/aromatic N) is 1. The van der Waals surface area contributed by atoms with E-state index >= 15 is 0 Å². The van der Waals surface area contributed by atoms with E-state index in [0.717, 1.165) is 50.5 Å². The van der Waals surface area contributed by atoms with Gasteiger partial charge in [0, 0.05) is 33.5 Å². The molecule has 0 atom stereocenters. The van der Waals surface area contributed by atoms with Crippen molar-refractivity contribution in [2.45, 2.75) is 6.92 Å². The number of anilines is 3. The monoisotopic (exact) mass is 627 g/mol. The average Bonchev–Trinajstić information content (AvgIpc) is 3.51. The molecule has 0 fully saturated rings. The number of benzene rings is 8. The predicted octanol–water partition coefficient (Wildman–Crippen LogP) is 13.5. The van der Waals surface area contributed by atoms with E-state index in [-0.39, 0.29) is 0 Å². The van der Waals surface area contributed by atoms with Crippen molar-refractivity contribution >= 4 is 49.6 Å². The molecule has 1 aromatic heterocycles. The van der Waals surface area contributed by atoms with Gasteiger partial charge in [0.2, 0.25) is 0 Å². The molecule has 0 N–H and O–H groups in total. The SMILES string of the molecule is Cc1c(-c2cccc(N(c3ccc(-c4cc5ccccc5c5ccccc45)cc3)c3ccccc3-c3ccccc3)c2)oc2ccccc12. The van der Waals surface area contributed by atoms with Crippen LogP contribution in [0.5, 0.6) is 0 Å². The van der Waals surface area contributed by atoms with Crippen LogP contribution in [0, 0.1) is 6.92 Å². The van der Waals surface area contributed by atoms with Crippen LogP contribution in [0.1, 0.15) is 5.56 Å². The van der Waals surface area contributed by atoms with Crippen LogP contribution >= 0.6 is 0 Å². The minimum absolute atomic E-state index is 0.901. The van der Waals surface area contributed by atoms with Crippen LogP contribution in [0.3, 0.4) is 0 Å². The standard InChI is InChI=1S/C47H33NO/c1-32-39-19-10-12-25-46(39)49-47(32)36-17-13-18-38(30-36)48(45-24-11-9-21-41(45)33-14-3-2-4-15-33)37-28-26-34(27-29-37)44-31-35-16-5-6-20-40(35)42-22-7-8-23-43(42)44/h2-31H,1H3. The minimum Gasteiger partial charge on any atom is -0.456 e. The van der Waals surface area contributed by atoms with Gasteiger partial charge in [-0.3, -0.25) is 0 Å². The molecule has 0 aliphatic rings. The van der Waals surface area contributed by atoms with E-state index in [2.05, 4.69) is 182 Å². The number of aryl methyl sites for hydroxylation is 1. The molecular weight excluding hydrogens is 595 g/mol. The second kappa shape index (κ2) is 12.0. The lowest BCUT2D eigenvalue weighted by molar-refractivity contribution is 0.629. The smallest absolute Gasteiger partial charge is 0.138 e. The van der Waals surface area contributed by atoms with Crippen LogP contribution in [0.2, 0.25) is 0 Å². The van der Waals surface area contributed by atoms with Gasteiger partial charge in [0.15, 0.2) is 0 Å². The van der Waals surface area contributed by atoms with Gasteiger partial charge in [-0.1, -0.05) is 140 Å². The first-order valence-electron chi connectivity index (χ1n) is 16.8. The Hall–Kier alpha value is -6.38. The molecule has 9 rings (SSSR count). The summed E-state index contributed by atoms with van der Waals surface area (Å²) in [5, 5.41) is 6.20. The van der Waals surface area contributed by atoms with Crippen LogP contribution in [-0.4, -0.2) is 0 Å². The van der Waals surface area contributed by atoms with Crippen molar-refractivity contribution in [3.63, 3.8) is 0 Å². The molecule has 0 radical (unpaired) electrons. The van der Waals surface area contributed by atoms with E-state index in [9.17, 15) is 0 Å². The molecule has 232 valence electrons. The lowest BCUT2D eigenvalue weighted by Crippen LogP contribution is -2.11. The van der Waals surface area contributed by atoms with Gasteiger partial charge in [-0.25, -0.2) is 0 Å². The highest BCUT2D eigenvalue weighted by Crippen LogP contribution is 2.44. The maximum absolute atomic E-state index is 6.44. The zero-order valence-corrected chi connectivity index (χ0v) is 27.2. The maximum Gasteiger partial charge on any atom is 0.138 e. The van der Waals surface area contributed by atoms with Crippen LogP contribution in [0.4, 0.5) is 17.1 Å². The second-order valence-electron chi connectivity index (χ2n) is 12.6. The van der Waals surface area contributed by atoms with Crippen molar-refractivity contribution in [1.82, 2.24) is 0 Å². The molecule has 0 bridgehead atoms. The minimum atomic E-state index is 0.901. The summed E-state index contributed by atoms with van der Waals surface area (Å²) < 4.78 is 6.44. The van der Waals surface area contributed by atoms with Crippen molar-refractivity contribution in [3.05, 3.63) is 188 Å². The Morgan fingerprint density at radius 2 is 1.04 bits per heavy atom. The largest absolute Gasteiger partial charge is 0.456 e. The van der Waals surface area contributed by atoms with Crippen LogP contribution in [-0.2, 0) is 0 Å². The van der Waals surface area contributed by atoms with E-state index in [1.54, 1.807) is 0 Å². The summed E-state index contributed by atoms with van der Waals surface area (Å²) in [7, 11) is 0. The lowest BCUT2D eigenvalue weighted by Gasteiger charge is -2.28. The van der Waals surface area contributed by atoms with Gasteiger partial charge in [-0.05, 0) is 87.6 Å². The second-order valence-corrected chi connectivity index (χ2v) is 12.6. The molecule has 9 aromatic rings.